The van der Waals surface area contributed by atoms with Crippen molar-refractivity contribution >= 4 is 5.69 Å². The van der Waals surface area contributed by atoms with Crippen molar-refractivity contribution < 1.29 is 4.39 Å². The zero-order chi connectivity index (χ0) is 15.8. The molecule has 1 aromatic carbocycles. The van der Waals surface area contributed by atoms with E-state index in [9.17, 15) is 4.39 Å². The second-order valence-corrected chi connectivity index (χ2v) is 6.54. The molecule has 0 bridgehead atoms. The Hall–Kier alpha value is -2.01. The highest BCUT2D eigenvalue weighted by Crippen LogP contribution is 2.44. The van der Waals surface area contributed by atoms with Gasteiger partial charge < -0.3 is 10.6 Å². The van der Waals surface area contributed by atoms with Gasteiger partial charge in [-0.1, -0.05) is 12.1 Å². The minimum Gasteiger partial charge on any atom is -0.369 e. The van der Waals surface area contributed by atoms with E-state index in [1.54, 1.807) is 12.1 Å². The summed E-state index contributed by atoms with van der Waals surface area (Å²) in [5, 5.41) is 0. The van der Waals surface area contributed by atoms with E-state index in [-0.39, 0.29) is 5.82 Å². The Morgan fingerprint density at radius 3 is 2.52 bits per heavy atom. The number of nitrogens with zero attached hydrogens (tertiary/aromatic N) is 3. The monoisotopic (exact) mass is 312 g/mol. The SMILES string of the molecule is NC1CCN(c2cnc(-c3ccccc3F)nc2C2CC2)CC1. The fourth-order valence-corrected chi connectivity index (χ4v) is 3.20. The third kappa shape index (κ3) is 2.93. The van der Waals surface area contributed by atoms with Crippen LogP contribution in [0.1, 0.15) is 37.3 Å². The molecule has 1 aliphatic heterocycles. The maximum atomic E-state index is 14.0. The minimum absolute atomic E-state index is 0.272. The van der Waals surface area contributed by atoms with Gasteiger partial charge in [-0.15, -0.1) is 0 Å². The van der Waals surface area contributed by atoms with Crippen molar-refractivity contribution in [2.24, 2.45) is 5.73 Å². The van der Waals surface area contributed by atoms with E-state index in [0.29, 0.717) is 23.3 Å². The number of piperidine rings is 1. The predicted octanol–water partition coefficient (Wildman–Crippen LogP) is 3.09. The van der Waals surface area contributed by atoms with Gasteiger partial charge in [0.1, 0.15) is 5.82 Å². The maximum Gasteiger partial charge on any atom is 0.162 e. The topological polar surface area (TPSA) is 55.0 Å². The van der Waals surface area contributed by atoms with Gasteiger partial charge in [-0.2, -0.15) is 0 Å². The van der Waals surface area contributed by atoms with Gasteiger partial charge in [0.15, 0.2) is 5.82 Å². The molecule has 2 heterocycles. The van der Waals surface area contributed by atoms with Gasteiger partial charge in [-0.3, -0.25) is 0 Å². The lowest BCUT2D eigenvalue weighted by Gasteiger charge is -2.32. The molecule has 0 spiro atoms. The number of rotatable bonds is 3. The summed E-state index contributed by atoms with van der Waals surface area (Å²) in [6.45, 7) is 1.90. The van der Waals surface area contributed by atoms with Crippen LogP contribution in [0.4, 0.5) is 10.1 Å². The molecule has 4 rings (SSSR count). The van der Waals surface area contributed by atoms with Gasteiger partial charge in [-0.05, 0) is 37.8 Å². The van der Waals surface area contributed by atoms with Crippen molar-refractivity contribution in [1.29, 1.82) is 0 Å². The molecular formula is C18H21FN4. The first kappa shape index (κ1) is 14.6. The number of hydrogen-bond donors (Lipinski definition) is 1. The molecule has 2 aromatic rings. The predicted molar refractivity (Wildman–Crippen MR) is 88.8 cm³/mol. The van der Waals surface area contributed by atoms with Gasteiger partial charge >= 0.3 is 0 Å². The molecule has 1 saturated heterocycles. The van der Waals surface area contributed by atoms with E-state index in [1.807, 2.05) is 12.3 Å². The lowest BCUT2D eigenvalue weighted by Crippen LogP contribution is -2.40. The summed E-state index contributed by atoms with van der Waals surface area (Å²) in [5.41, 5.74) is 8.66. The lowest BCUT2D eigenvalue weighted by atomic mass is 10.0. The number of aromatic nitrogens is 2. The summed E-state index contributed by atoms with van der Waals surface area (Å²) in [7, 11) is 0. The average molecular weight is 312 g/mol. The van der Waals surface area contributed by atoms with Crippen molar-refractivity contribution in [1.82, 2.24) is 9.97 Å². The molecule has 0 unspecified atom stereocenters. The molecular weight excluding hydrogens is 291 g/mol. The third-order valence-electron chi connectivity index (χ3n) is 4.76. The molecule has 2 fully saturated rings. The van der Waals surface area contributed by atoms with E-state index in [1.165, 1.54) is 6.07 Å². The Labute approximate surface area is 135 Å². The highest BCUT2D eigenvalue weighted by Gasteiger charge is 2.31. The summed E-state index contributed by atoms with van der Waals surface area (Å²) in [5.74, 6) is 0.711. The van der Waals surface area contributed by atoms with Gasteiger partial charge in [0, 0.05) is 25.0 Å². The molecule has 23 heavy (non-hydrogen) atoms. The molecule has 2 aliphatic rings. The molecule has 1 aromatic heterocycles. The highest BCUT2D eigenvalue weighted by atomic mass is 19.1. The maximum absolute atomic E-state index is 14.0. The molecule has 1 saturated carbocycles. The first-order valence-corrected chi connectivity index (χ1v) is 8.35. The largest absolute Gasteiger partial charge is 0.369 e. The standard InChI is InChI=1S/C18H21FN4/c19-15-4-2-1-3-14(15)18-21-11-16(17(22-18)12-5-6-12)23-9-7-13(20)8-10-23/h1-4,11-13H,5-10,20H2. The van der Waals surface area contributed by atoms with Crippen molar-refractivity contribution in [2.45, 2.75) is 37.6 Å². The second-order valence-electron chi connectivity index (χ2n) is 6.54. The summed E-state index contributed by atoms with van der Waals surface area (Å²) in [6, 6.07) is 7.00. The second kappa shape index (κ2) is 5.89. The molecule has 120 valence electrons. The van der Waals surface area contributed by atoms with Crippen LogP contribution < -0.4 is 10.6 Å². The zero-order valence-electron chi connectivity index (χ0n) is 13.1. The third-order valence-corrected chi connectivity index (χ3v) is 4.76. The quantitative estimate of drug-likeness (QED) is 0.946. The first-order valence-electron chi connectivity index (χ1n) is 8.35. The molecule has 0 radical (unpaired) electrons. The van der Waals surface area contributed by atoms with Crippen LogP contribution in [0.5, 0.6) is 0 Å². The number of halogens is 1. The van der Waals surface area contributed by atoms with Crippen LogP contribution in [0, 0.1) is 5.82 Å². The zero-order valence-corrected chi connectivity index (χ0v) is 13.1. The Kier molecular flexibility index (Phi) is 3.73. The van der Waals surface area contributed by atoms with E-state index in [0.717, 1.165) is 50.2 Å². The summed E-state index contributed by atoms with van der Waals surface area (Å²) in [4.78, 5) is 11.5. The number of anilines is 1. The fourth-order valence-electron chi connectivity index (χ4n) is 3.20. The van der Waals surface area contributed by atoms with Gasteiger partial charge in [0.25, 0.3) is 0 Å². The Morgan fingerprint density at radius 1 is 1.09 bits per heavy atom. The van der Waals surface area contributed by atoms with E-state index >= 15 is 0 Å². The van der Waals surface area contributed by atoms with Crippen LogP contribution in [0.15, 0.2) is 30.5 Å². The Balaban J connectivity index is 1.70. The normalized spacial score (nSPS) is 19.1. The van der Waals surface area contributed by atoms with Gasteiger partial charge in [0.05, 0.1) is 23.1 Å². The van der Waals surface area contributed by atoms with Gasteiger partial charge in [-0.25, -0.2) is 14.4 Å². The van der Waals surface area contributed by atoms with Crippen LogP contribution in [0.2, 0.25) is 0 Å². The van der Waals surface area contributed by atoms with Gasteiger partial charge in [0.2, 0.25) is 0 Å². The van der Waals surface area contributed by atoms with Crippen LogP contribution in [0.25, 0.3) is 11.4 Å². The van der Waals surface area contributed by atoms with Crippen LogP contribution in [-0.2, 0) is 0 Å². The summed E-state index contributed by atoms with van der Waals surface area (Å²) < 4.78 is 14.0. The van der Waals surface area contributed by atoms with E-state index in [2.05, 4.69) is 9.88 Å². The number of nitrogens with two attached hydrogens (primary N) is 1. The molecule has 2 N–H and O–H groups in total. The molecule has 5 heteroatoms. The number of hydrogen-bond acceptors (Lipinski definition) is 4. The lowest BCUT2D eigenvalue weighted by molar-refractivity contribution is 0.499. The van der Waals surface area contributed by atoms with E-state index in [4.69, 9.17) is 10.7 Å². The highest BCUT2D eigenvalue weighted by molar-refractivity contribution is 5.60. The van der Waals surface area contributed by atoms with Crippen molar-refractivity contribution in [3.63, 3.8) is 0 Å². The van der Waals surface area contributed by atoms with Crippen molar-refractivity contribution in [3.05, 3.63) is 42.0 Å². The Bertz CT molecular complexity index is 706. The molecule has 4 nitrogen and oxygen atoms in total. The summed E-state index contributed by atoms with van der Waals surface area (Å²) >= 11 is 0. The molecule has 0 amide bonds. The van der Waals surface area contributed by atoms with Crippen LogP contribution in [-0.4, -0.2) is 29.1 Å². The summed E-state index contributed by atoms with van der Waals surface area (Å²) in [6.07, 6.45) is 6.19. The van der Waals surface area contributed by atoms with Crippen molar-refractivity contribution in [2.75, 3.05) is 18.0 Å². The fraction of sp³-hybridized carbons (Fsp3) is 0.444. The van der Waals surface area contributed by atoms with Crippen LogP contribution in [0.3, 0.4) is 0 Å². The molecule has 1 aliphatic carbocycles. The first-order chi connectivity index (χ1) is 11.2. The van der Waals surface area contributed by atoms with Crippen molar-refractivity contribution in [3.8, 4) is 11.4 Å². The van der Waals surface area contributed by atoms with Crippen LogP contribution >= 0.6 is 0 Å². The Morgan fingerprint density at radius 2 is 1.83 bits per heavy atom. The minimum atomic E-state index is -0.272. The van der Waals surface area contributed by atoms with E-state index < -0.39 is 0 Å². The smallest absolute Gasteiger partial charge is 0.162 e. The average Bonchev–Trinajstić information content (AvgIpc) is 3.41. The number of benzene rings is 1. The molecule has 0 atom stereocenters.